The Kier molecular flexibility index (Phi) is 6.61. The van der Waals surface area contributed by atoms with E-state index in [1.807, 2.05) is 25.1 Å². The Bertz CT molecular complexity index is 425. The highest BCUT2D eigenvalue weighted by atomic mass is 16.5. The van der Waals surface area contributed by atoms with Crippen LogP contribution in [0.4, 0.5) is 0 Å². The summed E-state index contributed by atoms with van der Waals surface area (Å²) in [5.74, 6) is 0.621. The van der Waals surface area contributed by atoms with E-state index >= 15 is 0 Å². The first-order valence-electron chi connectivity index (χ1n) is 8.08. The maximum Gasteiger partial charge on any atom is 0.0897 e. The molecule has 3 unspecified atom stereocenters. The maximum atomic E-state index is 9.99. The van der Waals surface area contributed by atoms with Gasteiger partial charge in [-0.2, -0.15) is 0 Å². The SMILES string of the molecule is Cc1cccc(CNCC(O)COC2CCCCC2C)n1. The third-order valence-corrected chi connectivity index (χ3v) is 4.17. The first-order chi connectivity index (χ1) is 10.1. The van der Waals surface area contributed by atoms with Crippen molar-refractivity contribution in [3.8, 4) is 0 Å². The van der Waals surface area contributed by atoms with Gasteiger partial charge in [0.1, 0.15) is 0 Å². The summed E-state index contributed by atoms with van der Waals surface area (Å²) in [6.07, 6.45) is 4.82. The van der Waals surface area contributed by atoms with Crippen molar-refractivity contribution in [2.45, 2.75) is 58.3 Å². The normalized spacial score (nSPS) is 24.0. The predicted molar refractivity (Wildman–Crippen MR) is 84.1 cm³/mol. The minimum Gasteiger partial charge on any atom is -0.389 e. The van der Waals surface area contributed by atoms with Gasteiger partial charge in [-0.3, -0.25) is 4.98 Å². The number of aliphatic hydroxyl groups excluding tert-OH is 1. The molecule has 4 nitrogen and oxygen atoms in total. The Hall–Kier alpha value is -0.970. The molecule has 2 N–H and O–H groups in total. The minimum absolute atomic E-state index is 0.326. The zero-order valence-electron chi connectivity index (χ0n) is 13.2. The second kappa shape index (κ2) is 8.47. The molecule has 0 amide bonds. The van der Waals surface area contributed by atoms with Gasteiger partial charge in [0.15, 0.2) is 0 Å². The summed E-state index contributed by atoms with van der Waals surface area (Å²) in [6, 6.07) is 5.98. The first kappa shape index (κ1) is 16.4. The monoisotopic (exact) mass is 292 g/mol. The number of rotatable bonds is 7. The van der Waals surface area contributed by atoms with E-state index in [0.717, 1.165) is 17.8 Å². The second-order valence-electron chi connectivity index (χ2n) is 6.19. The lowest BCUT2D eigenvalue weighted by Crippen LogP contribution is -2.34. The van der Waals surface area contributed by atoms with Crippen LogP contribution < -0.4 is 5.32 Å². The Morgan fingerprint density at radius 2 is 2.19 bits per heavy atom. The van der Waals surface area contributed by atoms with Gasteiger partial charge in [-0.1, -0.05) is 25.8 Å². The fourth-order valence-electron chi connectivity index (χ4n) is 2.89. The van der Waals surface area contributed by atoms with E-state index in [1.165, 1.54) is 19.3 Å². The van der Waals surface area contributed by atoms with Crippen molar-refractivity contribution >= 4 is 0 Å². The molecule has 1 aliphatic rings. The van der Waals surface area contributed by atoms with Crippen molar-refractivity contribution in [2.75, 3.05) is 13.2 Å². The van der Waals surface area contributed by atoms with Gasteiger partial charge in [-0.25, -0.2) is 0 Å². The lowest BCUT2D eigenvalue weighted by atomic mass is 9.88. The number of nitrogens with zero attached hydrogens (tertiary/aromatic N) is 1. The zero-order chi connectivity index (χ0) is 15.1. The molecule has 1 aromatic heterocycles. The van der Waals surface area contributed by atoms with Crippen LogP contribution in [0.3, 0.4) is 0 Å². The molecule has 1 saturated carbocycles. The van der Waals surface area contributed by atoms with Crippen LogP contribution in [-0.2, 0) is 11.3 Å². The van der Waals surface area contributed by atoms with E-state index in [9.17, 15) is 5.11 Å². The van der Waals surface area contributed by atoms with Gasteiger partial charge in [-0.15, -0.1) is 0 Å². The molecule has 21 heavy (non-hydrogen) atoms. The van der Waals surface area contributed by atoms with Crippen molar-refractivity contribution < 1.29 is 9.84 Å². The van der Waals surface area contributed by atoms with Crippen LogP contribution in [0.15, 0.2) is 18.2 Å². The molecule has 2 rings (SSSR count). The van der Waals surface area contributed by atoms with E-state index in [4.69, 9.17) is 4.74 Å². The van der Waals surface area contributed by atoms with Crippen LogP contribution in [0, 0.1) is 12.8 Å². The van der Waals surface area contributed by atoms with Crippen molar-refractivity contribution in [1.29, 1.82) is 0 Å². The number of nitrogens with one attached hydrogen (secondary N) is 1. The van der Waals surface area contributed by atoms with E-state index in [-0.39, 0.29) is 0 Å². The van der Waals surface area contributed by atoms with Gasteiger partial charge < -0.3 is 15.2 Å². The highest BCUT2D eigenvalue weighted by Gasteiger charge is 2.22. The lowest BCUT2D eigenvalue weighted by Gasteiger charge is -2.29. The lowest BCUT2D eigenvalue weighted by molar-refractivity contribution is -0.0452. The van der Waals surface area contributed by atoms with E-state index in [2.05, 4.69) is 17.2 Å². The molecule has 4 heteroatoms. The fraction of sp³-hybridized carbons (Fsp3) is 0.706. The number of aliphatic hydroxyl groups is 1. The van der Waals surface area contributed by atoms with Crippen molar-refractivity contribution in [3.63, 3.8) is 0 Å². The topological polar surface area (TPSA) is 54.4 Å². The highest BCUT2D eigenvalue weighted by Crippen LogP contribution is 2.26. The third kappa shape index (κ3) is 5.73. The molecule has 118 valence electrons. The third-order valence-electron chi connectivity index (χ3n) is 4.17. The second-order valence-corrected chi connectivity index (χ2v) is 6.19. The van der Waals surface area contributed by atoms with Crippen LogP contribution >= 0.6 is 0 Å². The van der Waals surface area contributed by atoms with E-state index in [1.54, 1.807) is 0 Å². The molecule has 0 aliphatic heterocycles. The zero-order valence-corrected chi connectivity index (χ0v) is 13.2. The molecule has 1 heterocycles. The first-order valence-corrected chi connectivity index (χ1v) is 8.08. The number of ether oxygens (including phenoxy) is 1. The maximum absolute atomic E-state index is 9.99. The summed E-state index contributed by atoms with van der Waals surface area (Å²) in [4.78, 5) is 4.42. The van der Waals surface area contributed by atoms with Gasteiger partial charge >= 0.3 is 0 Å². The largest absolute Gasteiger partial charge is 0.389 e. The number of hydrogen-bond acceptors (Lipinski definition) is 4. The Morgan fingerprint density at radius 1 is 1.38 bits per heavy atom. The molecule has 0 spiro atoms. The molecule has 3 atom stereocenters. The molecular formula is C17H28N2O2. The van der Waals surface area contributed by atoms with Crippen LogP contribution in [0.25, 0.3) is 0 Å². The molecular weight excluding hydrogens is 264 g/mol. The number of aryl methyl sites for hydroxylation is 1. The van der Waals surface area contributed by atoms with Crippen LogP contribution in [0.1, 0.15) is 44.0 Å². The summed E-state index contributed by atoms with van der Waals surface area (Å²) in [5.41, 5.74) is 2.02. The van der Waals surface area contributed by atoms with Gasteiger partial charge in [0, 0.05) is 18.8 Å². The molecule has 0 saturated heterocycles. The molecule has 1 aliphatic carbocycles. The average Bonchev–Trinajstić information content (AvgIpc) is 2.46. The standard InChI is InChI=1S/C17H28N2O2/c1-13-6-3-4-9-17(13)21-12-16(20)11-18-10-15-8-5-7-14(2)19-15/h5,7-8,13,16-18,20H,3-4,6,9-12H2,1-2H3. The van der Waals surface area contributed by atoms with Crippen molar-refractivity contribution in [3.05, 3.63) is 29.6 Å². The summed E-state index contributed by atoms with van der Waals surface area (Å²) in [7, 11) is 0. The minimum atomic E-state index is -0.455. The fourth-order valence-corrected chi connectivity index (χ4v) is 2.89. The Balaban J connectivity index is 1.62. The van der Waals surface area contributed by atoms with E-state index < -0.39 is 6.10 Å². The van der Waals surface area contributed by atoms with Gasteiger partial charge in [0.05, 0.1) is 24.5 Å². The van der Waals surface area contributed by atoms with Crippen LogP contribution in [-0.4, -0.2) is 35.5 Å². The summed E-state index contributed by atoms with van der Waals surface area (Å²) in [6.45, 7) is 5.87. The van der Waals surface area contributed by atoms with Gasteiger partial charge in [0.2, 0.25) is 0 Å². The van der Waals surface area contributed by atoms with Crippen molar-refractivity contribution in [2.24, 2.45) is 5.92 Å². The van der Waals surface area contributed by atoms with Crippen molar-refractivity contribution in [1.82, 2.24) is 10.3 Å². The molecule has 1 fully saturated rings. The molecule has 0 bridgehead atoms. The van der Waals surface area contributed by atoms with Gasteiger partial charge in [-0.05, 0) is 37.8 Å². The Labute approximate surface area is 127 Å². The van der Waals surface area contributed by atoms with Gasteiger partial charge in [0.25, 0.3) is 0 Å². The van der Waals surface area contributed by atoms with E-state index in [0.29, 0.717) is 31.7 Å². The number of hydrogen-bond donors (Lipinski definition) is 2. The Morgan fingerprint density at radius 3 is 2.95 bits per heavy atom. The number of pyridine rings is 1. The average molecular weight is 292 g/mol. The summed E-state index contributed by atoms with van der Waals surface area (Å²) in [5, 5.41) is 13.2. The quantitative estimate of drug-likeness (QED) is 0.810. The number of aromatic nitrogens is 1. The molecule has 0 radical (unpaired) electrons. The van der Waals surface area contributed by atoms with Crippen LogP contribution in [0.5, 0.6) is 0 Å². The highest BCUT2D eigenvalue weighted by molar-refractivity contribution is 5.09. The summed E-state index contributed by atoms with van der Waals surface area (Å²) >= 11 is 0. The van der Waals surface area contributed by atoms with Crippen LogP contribution in [0.2, 0.25) is 0 Å². The predicted octanol–water partition coefficient (Wildman–Crippen LogP) is 2.44. The summed E-state index contributed by atoms with van der Waals surface area (Å²) < 4.78 is 5.87. The smallest absolute Gasteiger partial charge is 0.0897 e. The molecule has 1 aromatic rings. The molecule has 0 aromatic carbocycles.